The fourth-order valence-corrected chi connectivity index (χ4v) is 1.63. The van der Waals surface area contributed by atoms with E-state index in [1.807, 2.05) is 38.1 Å². The smallest absolute Gasteiger partial charge is 0.305 e. The van der Waals surface area contributed by atoms with Crippen LogP contribution in [0.1, 0.15) is 13.8 Å². The van der Waals surface area contributed by atoms with Crippen LogP contribution in [0.4, 0.5) is 0 Å². The normalized spacial score (nSPS) is 9.17. The maximum Gasteiger partial charge on any atom is 0.305 e. The van der Waals surface area contributed by atoms with Gasteiger partial charge in [-0.25, -0.2) is 0 Å². The van der Waals surface area contributed by atoms with Gasteiger partial charge in [0.1, 0.15) is 0 Å². The highest BCUT2D eigenvalue weighted by atomic mass is 32.1. The van der Waals surface area contributed by atoms with Crippen LogP contribution in [0.15, 0.2) is 29.1 Å². The molecule has 0 bridgehead atoms. The van der Waals surface area contributed by atoms with Crippen molar-refractivity contribution in [3.05, 3.63) is 33.9 Å². The van der Waals surface area contributed by atoms with Gasteiger partial charge in [0.05, 0.1) is 10.2 Å². The number of hydrogen-bond acceptors (Lipinski definition) is 2. The molecule has 0 atom stereocenters. The summed E-state index contributed by atoms with van der Waals surface area (Å²) in [6.07, 6.45) is 0. The van der Waals surface area contributed by atoms with Gasteiger partial charge in [-0.1, -0.05) is 37.3 Å². The van der Waals surface area contributed by atoms with Crippen LogP contribution in [-0.4, -0.2) is 4.98 Å². The summed E-state index contributed by atoms with van der Waals surface area (Å²) < 4.78 is 1.02. The number of aromatic nitrogens is 1. The maximum absolute atomic E-state index is 10.8. The summed E-state index contributed by atoms with van der Waals surface area (Å²) in [5, 5.41) is 0. The third-order valence-corrected chi connectivity index (χ3v) is 2.19. The first-order chi connectivity index (χ1) is 5.86. The second-order valence-electron chi connectivity index (χ2n) is 2.01. The fraction of sp³-hybridized carbons (Fsp3) is 0.222. The minimum atomic E-state index is 0.0150. The molecule has 2 rings (SSSR count). The Morgan fingerprint density at radius 1 is 1.25 bits per heavy atom. The number of fused-ring (bicyclic) bond motifs is 1. The van der Waals surface area contributed by atoms with E-state index in [1.54, 1.807) is 0 Å². The van der Waals surface area contributed by atoms with E-state index in [0.717, 1.165) is 10.2 Å². The van der Waals surface area contributed by atoms with E-state index in [1.165, 1.54) is 11.3 Å². The lowest BCUT2D eigenvalue weighted by molar-refractivity contribution is 1.41. The molecule has 1 aromatic heterocycles. The van der Waals surface area contributed by atoms with Gasteiger partial charge < -0.3 is 4.98 Å². The van der Waals surface area contributed by atoms with Gasteiger partial charge in [0, 0.05) is 0 Å². The average molecular weight is 181 g/mol. The van der Waals surface area contributed by atoms with Gasteiger partial charge in [-0.3, -0.25) is 4.79 Å². The first-order valence-corrected chi connectivity index (χ1v) is 4.76. The summed E-state index contributed by atoms with van der Waals surface area (Å²) in [4.78, 5) is 13.5. The molecular formula is C9H11NOS. The van der Waals surface area contributed by atoms with Crippen LogP contribution in [0.3, 0.4) is 0 Å². The Balaban J connectivity index is 0.000000336. The number of aromatic amines is 1. The largest absolute Gasteiger partial charge is 0.312 e. The first-order valence-electron chi connectivity index (χ1n) is 3.94. The van der Waals surface area contributed by atoms with E-state index < -0.39 is 0 Å². The van der Waals surface area contributed by atoms with Crippen LogP contribution in [-0.2, 0) is 0 Å². The minimum absolute atomic E-state index is 0.0150. The molecule has 0 saturated heterocycles. The van der Waals surface area contributed by atoms with Crippen molar-refractivity contribution in [2.24, 2.45) is 0 Å². The van der Waals surface area contributed by atoms with Crippen molar-refractivity contribution in [2.45, 2.75) is 13.8 Å². The average Bonchev–Trinajstić information content (AvgIpc) is 2.48. The lowest BCUT2D eigenvalue weighted by atomic mass is 10.3. The molecule has 0 amide bonds. The van der Waals surface area contributed by atoms with Crippen LogP contribution >= 0.6 is 11.3 Å². The zero-order valence-electron chi connectivity index (χ0n) is 7.13. The molecule has 0 saturated carbocycles. The van der Waals surface area contributed by atoms with Gasteiger partial charge in [-0.2, -0.15) is 0 Å². The predicted molar refractivity (Wildman–Crippen MR) is 53.8 cm³/mol. The standard InChI is InChI=1S/C7H5NOS.C2H6/c9-7-8-5-3-1-2-4-6(5)10-7;1-2/h1-4H,(H,8,9);1-2H3. The highest BCUT2D eigenvalue weighted by Crippen LogP contribution is 2.11. The minimum Gasteiger partial charge on any atom is -0.312 e. The Kier molecular flexibility index (Phi) is 3.05. The zero-order chi connectivity index (χ0) is 8.97. The van der Waals surface area contributed by atoms with E-state index in [4.69, 9.17) is 0 Å². The summed E-state index contributed by atoms with van der Waals surface area (Å²) in [6.45, 7) is 4.00. The Bertz CT molecular complexity index is 366. The second kappa shape index (κ2) is 4.07. The van der Waals surface area contributed by atoms with Gasteiger partial charge in [0.2, 0.25) is 0 Å². The lowest BCUT2D eigenvalue weighted by Gasteiger charge is -1.81. The van der Waals surface area contributed by atoms with E-state index in [9.17, 15) is 4.79 Å². The van der Waals surface area contributed by atoms with Crippen LogP contribution in [0.2, 0.25) is 0 Å². The zero-order valence-corrected chi connectivity index (χ0v) is 7.94. The van der Waals surface area contributed by atoms with Crippen molar-refractivity contribution in [2.75, 3.05) is 0 Å². The molecule has 0 fully saturated rings. The first kappa shape index (κ1) is 9.00. The van der Waals surface area contributed by atoms with E-state index in [0.29, 0.717) is 0 Å². The summed E-state index contributed by atoms with van der Waals surface area (Å²) in [6, 6.07) is 7.65. The molecule has 1 heterocycles. The quantitative estimate of drug-likeness (QED) is 0.665. The Labute approximate surface area is 74.9 Å². The number of nitrogens with one attached hydrogen (secondary N) is 1. The molecule has 0 aliphatic rings. The molecule has 0 aliphatic carbocycles. The number of para-hydroxylation sites is 1. The molecule has 1 aromatic carbocycles. The molecule has 2 nitrogen and oxygen atoms in total. The monoisotopic (exact) mass is 181 g/mol. The molecule has 0 spiro atoms. The molecule has 0 aliphatic heterocycles. The molecule has 64 valence electrons. The predicted octanol–water partition coefficient (Wildman–Crippen LogP) is 2.62. The molecular weight excluding hydrogens is 170 g/mol. The van der Waals surface area contributed by atoms with E-state index in [2.05, 4.69) is 4.98 Å². The lowest BCUT2D eigenvalue weighted by Crippen LogP contribution is -1.89. The van der Waals surface area contributed by atoms with Crippen LogP contribution in [0.25, 0.3) is 10.2 Å². The SMILES string of the molecule is CC.O=c1[nH]c2ccccc2s1. The Hall–Kier alpha value is -1.09. The molecule has 0 radical (unpaired) electrons. The van der Waals surface area contributed by atoms with Gasteiger partial charge in [-0.15, -0.1) is 0 Å². The van der Waals surface area contributed by atoms with Crippen LogP contribution < -0.4 is 4.87 Å². The van der Waals surface area contributed by atoms with Gasteiger partial charge in [-0.05, 0) is 12.1 Å². The van der Waals surface area contributed by atoms with Crippen molar-refractivity contribution in [1.82, 2.24) is 4.98 Å². The number of hydrogen-bond donors (Lipinski definition) is 1. The fourth-order valence-electron chi connectivity index (χ4n) is 0.894. The highest BCUT2D eigenvalue weighted by Gasteiger charge is 1.93. The highest BCUT2D eigenvalue weighted by molar-refractivity contribution is 7.16. The summed E-state index contributed by atoms with van der Waals surface area (Å²) in [5.41, 5.74) is 0.928. The van der Waals surface area contributed by atoms with Crippen LogP contribution in [0.5, 0.6) is 0 Å². The second-order valence-corrected chi connectivity index (χ2v) is 3.03. The van der Waals surface area contributed by atoms with Crippen molar-refractivity contribution in [1.29, 1.82) is 0 Å². The Morgan fingerprint density at radius 3 is 2.58 bits per heavy atom. The summed E-state index contributed by atoms with van der Waals surface area (Å²) in [7, 11) is 0. The van der Waals surface area contributed by atoms with Crippen molar-refractivity contribution >= 4 is 21.6 Å². The molecule has 12 heavy (non-hydrogen) atoms. The molecule has 3 heteroatoms. The van der Waals surface area contributed by atoms with Gasteiger partial charge in [0.25, 0.3) is 0 Å². The molecule has 1 N–H and O–H groups in total. The molecule has 2 aromatic rings. The maximum atomic E-state index is 10.8. The molecule has 0 unspecified atom stereocenters. The Morgan fingerprint density at radius 2 is 1.92 bits per heavy atom. The van der Waals surface area contributed by atoms with Gasteiger partial charge in [0.15, 0.2) is 0 Å². The number of H-pyrrole nitrogens is 1. The van der Waals surface area contributed by atoms with Crippen molar-refractivity contribution in [3.8, 4) is 0 Å². The number of rotatable bonds is 0. The summed E-state index contributed by atoms with van der Waals surface area (Å²) in [5.74, 6) is 0. The third-order valence-electron chi connectivity index (χ3n) is 1.33. The summed E-state index contributed by atoms with van der Waals surface area (Å²) >= 11 is 1.24. The number of thiazole rings is 1. The number of benzene rings is 1. The topological polar surface area (TPSA) is 32.9 Å². The van der Waals surface area contributed by atoms with Crippen molar-refractivity contribution < 1.29 is 0 Å². The van der Waals surface area contributed by atoms with Crippen LogP contribution in [0, 0.1) is 0 Å². The van der Waals surface area contributed by atoms with Crippen molar-refractivity contribution in [3.63, 3.8) is 0 Å². The van der Waals surface area contributed by atoms with Gasteiger partial charge >= 0.3 is 4.87 Å². The van der Waals surface area contributed by atoms with E-state index in [-0.39, 0.29) is 4.87 Å². The van der Waals surface area contributed by atoms with E-state index >= 15 is 0 Å². The third kappa shape index (κ3) is 1.74.